The summed E-state index contributed by atoms with van der Waals surface area (Å²) < 4.78 is 5.79. The van der Waals surface area contributed by atoms with Crippen molar-refractivity contribution in [3.63, 3.8) is 0 Å². The molecule has 33 heavy (non-hydrogen) atoms. The van der Waals surface area contributed by atoms with Crippen LogP contribution in [-0.4, -0.2) is 34.3 Å². The highest BCUT2D eigenvalue weighted by Gasteiger charge is 2.45. The van der Waals surface area contributed by atoms with E-state index < -0.39 is 17.7 Å². The molecule has 0 bridgehead atoms. The minimum Gasteiger partial charge on any atom is -0.507 e. The van der Waals surface area contributed by atoms with E-state index in [0.717, 1.165) is 22.4 Å². The van der Waals surface area contributed by atoms with Crippen LogP contribution < -0.4 is 4.74 Å². The van der Waals surface area contributed by atoms with Crippen LogP contribution in [0, 0.1) is 6.92 Å². The van der Waals surface area contributed by atoms with Crippen molar-refractivity contribution >= 4 is 17.4 Å². The molecule has 1 aliphatic heterocycles. The number of carbonyl (C=O) groups is 2. The molecule has 176 valence electrons. The number of carbonyl (C=O) groups excluding carboxylic acids is 2. The van der Waals surface area contributed by atoms with Crippen LogP contribution in [0.2, 0.25) is 0 Å². The number of Topliss-reactive ketones (excluding diaryl/α,β-unsaturated/α-hetero) is 1. The molecule has 0 spiro atoms. The Labute approximate surface area is 197 Å². The Kier molecular flexibility index (Phi) is 7.01. The number of hydrogen-bond acceptors (Lipinski definition) is 4. The zero-order chi connectivity index (χ0) is 24.5. The standard InChI is InChI=1S/C28H35NO4/c1-8-15-29-24(19-9-12-21(13-10-19)28(5,6)7)23(26(31)27(29)32)25(30)20-11-14-22(18(4)16-20)33-17(2)3/h9-14,16-17,24,30H,8,15H2,1-7H3/b25-23-. The van der Waals surface area contributed by atoms with Crippen LogP contribution in [0.5, 0.6) is 5.75 Å². The number of ether oxygens (including phenoxy) is 1. The van der Waals surface area contributed by atoms with Crippen molar-refractivity contribution < 1.29 is 19.4 Å². The van der Waals surface area contributed by atoms with Crippen molar-refractivity contribution in [2.45, 2.75) is 72.4 Å². The molecule has 1 saturated heterocycles. The lowest BCUT2D eigenvalue weighted by Gasteiger charge is -2.26. The maximum atomic E-state index is 13.1. The van der Waals surface area contributed by atoms with E-state index in [4.69, 9.17) is 4.74 Å². The molecule has 0 saturated carbocycles. The van der Waals surface area contributed by atoms with Crippen molar-refractivity contribution in [2.75, 3.05) is 6.54 Å². The highest BCUT2D eigenvalue weighted by molar-refractivity contribution is 6.46. The maximum Gasteiger partial charge on any atom is 0.295 e. The maximum absolute atomic E-state index is 13.1. The number of hydrogen-bond donors (Lipinski definition) is 1. The number of nitrogens with zero attached hydrogens (tertiary/aromatic N) is 1. The third kappa shape index (κ3) is 4.97. The van der Waals surface area contributed by atoms with E-state index in [0.29, 0.717) is 18.5 Å². The van der Waals surface area contributed by atoms with Gasteiger partial charge in [-0.05, 0) is 67.5 Å². The van der Waals surface area contributed by atoms with Crippen LogP contribution in [-0.2, 0) is 15.0 Å². The third-order valence-corrected chi connectivity index (χ3v) is 5.91. The summed E-state index contributed by atoms with van der Waals surface area (Å²) in [5.74, 6) is -0.649. The zero-order valence-corrected chi connectivity index (χ0v) is 20.7. The lowest BCUT2D eigenvalue weighted by atomic mass is 9.85. The summed E-state index contributed by atoms with van der Waals surface area (Å²) in [6.45, 7) is 14.6. The van der Waals surface area contributed by atoms with Gasteiger partial charge in [0, 0.05) is 12.1 Å². The van der Waals surface area contributed by atoms with Gasteiger partial charge >= 0.3 is 0 Å². The molecular formula is C28H35NO4. The summed E-state index contributed by atoms with van der Waals surface area (Å²) >= 11 is 0. The van der Waals surface area contributed by atoms with Crippen molar-refractivity contribution in [2.24, 2.45) is 0 Å². The van der Waals surface area contributed by atoms with E-state index in [2.05, 4.69) is 20.8 Å². The molecule has 1 fully saturated rings. The molecule has 1 amide bonds. The summed E-state index contributed by atoms with van der Waals surface area (Å²) in [6.07, 6.45) is 0.739. The summed E-state index contributed by atoms with van der Waals surface area (Å²) in [7, 11) is 0. The number of amides is 1. The van der Waals surface area contributed by atoms with Crippen LogP contribution in [0.15, 0.2) is 48.0 Å². The van der Waals surface area contributed by atoms with Crippen LogP contribution in [0.3, 0.4) is 0 Å². The molecule has 5 nitrogen and oxygen atoms in total. The highest BCUT2D eigenvalue weighted by atomic mass is 16.5. The van der Waals surface area contributed by atoms with Crippen LogP contribution in [0.1, 0.15) is 76.3 Å². The number of rotatable bonds is 6. The predicted molar refractivity (Wildman–Crippen MR) is 131 cm³/mol. The Balaban J connectivity index is 2.12. The fourth-order valence-electron chi connectivity index (χ4n) is 4.20. The highest BCUT2D eigenvalue weighted by Crippen LogP contribution is 2.40. The van der Waals surface area contributed by atoms with Gasteiger partial charge in [-0.25, -0.2) is 0 Å². The minimum atomic E-state index is -0.647. The number of likely N-dealkylation sites (tertiary alicyclic amines) is 1. The molecule has 5 heteroatoms. The van der Waals surface area contributed by atoms with Crippen molar-refractivity contribution in [1.82, 2.24) is 4.90 Å². The molecule has 0 aromatic heterocycles. The number of benzene rings is 2. The van der Waals surface area contributed by atoms with Gasteiger partial charge in [-0.3, -0.25) is 9.59 Å². The van der Waals surface area contributed by atoms with Gasteiger partial charge in [0.25, 0.3) is 11.7 Å². The van der Waals surface area contributed by atoms with Crippen molar-refractivity contribution in [3.8, 4) is 5.75 Å². The second-order valence-corrected chi connectivity index (χ2v) is 10.0. The number of ketones is 1. The second kappa shape index (κ2) is 9.42. The topological polar surface area (TPSA) is 66.8 Å². The van der Waals surface area contributed by atoms with Crippen molar-refractivity contribution in [1.29, 1.82) is 0 Å². The van der Waals surface area contributed by atoms with Gasteiger partial charge in [0.1, 0.15) is 11.5 Å². The van der Waals surface area contributed by atoms with Gasteiger partial charge in [0.2, 0.25) is 0 Å². The monoisotopic (exact) mass is 449 g/mol. The first-order valence-electron chi connectivity index (χ1n) is 11.6. The first kappa shape index (κ1) is 24.6. The minimum absolute atomic E-state index is 0.0128. The van der Waals surface area contributed by atoms with Gasteiger partial charge in [0.15, 0.2) is 0 Å². The van der Waals surface area contributed by atoms with E-state index in [1.807, 2.05) is 52.0 Å². The normalized spacial score (nSPS) is 18.3. The SMILES string of the molecule is CCCN1C(=O)C(=O)/C(=C(\O)c2ccc(OC(C)C)c(C)c2)C1c1ccc(C(C)(C)C)cc1. The van der Waals surface area contributed by atoms with E-state index in [1.54, 1.807) is 23.1 Å². The molecule has 0 radical (unpaired) electrons. The van der Waals surface area contributed by atoms with Crippen LogP contribution >= 0.6 is 0 Å². The fourth-order valence-corrected chi connectivity index (χ4v) is 4.20. The van der Waals surface area contributed by atoms with Gasteiger partial charge in [-0.2, -0.15) is 0 Å². The summed E-state index contributed by atoms with van der Waals surface area (Å²) in [4.78, 5) is 27.6. The largest absolute Gasteiger partial charge is 0.507 e. The molecule has 2 aromatic rings. The quantitative estimate of drug-likeness (QED) is 0.338. The molecule has 1 aliphatic rings. The summed E-state index contributed by atoms with van der Waals surface area (Å²) in [5, 5.41) is 11.2. The van der Waals surface area contributed by atoms with Gasteiger partial charge < -0.3 is 14.7 Å². The number of aliphatic hydroxyl groups is 1. The first-order valence-corrected chi connectivity index (χ1v) is 11.6. The van der Waals surface area contributed by atoms with E-state index >= 15 is 0 Å². The van der Waals surface area contributed by atoms with Gasteiger partial charge in [-0.15, -0.1) is 0 Å². The molecule has 0 aliphatic carbocycles. The average Bonchev–Trinajstić information content (AvgIpc) is 2.99. The molecule has 1 heterocycles. The van der Waals surface area contributed by atoms with Gasteiger partial charge in [-0.1, -0.05) is 52.0 Å². The summed E-state index contributed by atoms with van der Waals surface area (Å²) in [6, 6.07) is 12.7. The molecule has 2 aromatic carbocycles. The molecule has 1 N–H and O–H groups in total. The van der Waals surface area contributed by atoms with Crippen molar-refractivity contribution in [3.05, 3.63) is 70.3 Å². The number of aryl methyl sites for hydroxylation is 1. The molecular weight excluding hydrogens is 414 g/mol. The predicted octanol–water partition coefficient (Wildman–Crippen LogP) is 5.91. The Bertz CT molecular complexity index is 1070. The smallest absolute Gasteiger partial charge is 0.295 e. The second-order valence-electron chi connectivity index (χ2n) is 10.0. The van der Waals surface area contributed by atoms with Crippen LogP contribution in [0.25, 0.3) is 5.76 Å². The molecule has 3 rings (SSSR count). The van der Waals surface area contributed by atoms with Crippen LogP contribution in [0.4, 0.5) is 0 Å². The molecule has 1 atom stereocenters. The summed E-state index contributed by atoms with van der Waals surface area (Å²) in [5.41, 5.74) is 3.44. The van der Waals surface area contributed by atoms with E-state index in [-0.39, 0.29) is 22.9 Å². The average molecular weight is 450 g/mol. The van der Waals surface area contributed by atoms with E-state index in [9.17, 15) is 14.7 Å². The lowest BCUT2D eigenvalue weighted by Crippen LogP contribution is -2.30. The Morgan fingerprint density at radius 2 is 1.73 bits per heavy atom. The Morgan fingerprint density at radius 3 is 2.24 bits per heavy atom. The lowest BCUT2D eigenvalue weighted by molar-refractivity contribution is -0.139. The molecule has 1 unspecified atom stereocenters. The Morgan fingerprint density at radius 1 is 1.09 bits per heavy atom. The van der Waals surface area contributed by atoms with Gasteiger partial charge in [0.05, 0.1) is 17.7 Å². The zero-order valence-electron chi connectivity index (χ0n) is 20.7. The van der Waals surface area contributed by atoms with E-state index in [1.165, 1.54) is 0 Å². The Hall–Kier alpha value is -3.08. The first-order chi connectivity index (χ1) is 15.5. The fraction of sp³-hybridized carbons (Fsp3) is 0.429. The number of aliphatic hydroxyl groups excluding tert-OH is 1. The third-order valence-electron chi connectivity index (χ3n) is 5.91.